The Balaban J connectivity index is 1.75. The van der Waals surface area contributed by atoms with E-state index in [1.165, 1.54) is 11.0 Å². The van der Waals surface area contributed by atoms with Crippen molar-refractivity contribution in [3.05, 3.63) is 51.9 Å². The van der Waals surface area contributed by atoms with Gasteiger partial charge in [-0.1, -0.05) is 12.7 Å². The molecule has 1 aromatic heterocycles. The van der Waals surface area contributed by atoms with E-state index in [1.54, 1.807) is 35.7 Å². The average Bonchev–Trinajstić information content (AvgIpc) is 2.72. The van der Waals surface area contributed by atoms with Gasteiger partial charge in [-0.05, 0) is 42.0 Å². The Bertz CT molecular complexity index is 981. The Kier molecular flexibility index (Phi) is 5.59. The lowest BCUT2D eigenvalue weighted by Crippen LogP contribution is -2.38. The van der Waals surface area contributed by atoms with Crippen molar-refractivity contribution in [2.45, 2.75) is 24.0 Å². The van der Waals surface area contributed by atoms with E-state index in [9.17, 15) is 14.7 Å². The van der Waals surface area contributed by atoms with Gasteiger partial charge in [0.05, 0.1) is 22.3 Å². The van der Waals surface area contributed by atoms with Crippen LogP contribution in [0.1, 0.15) is 27.7 Å². The Labute approximate surface area is 170 Å². The number of rotatable bonds is 3. The second-order valence-corrected chi connectivity index (χ2v) is 9.41. The van der Waals surface area contributed by atoms with Gasteiger partial charge in [0.2, 0.25) is 0 Å². The topological polar surface area (TPSA) is 80.0 Å². The fourth-order valence-electron chi connectivity index (χ4n) is 3.60. The molecule has 28 heavy (non-hydrogen) atoms. The van der Waals surface area contributed by atoms with Crippen LogP contribution in [0.5, 0.6) is 5.75 Å². The van der Waals surface area contributed by atoms with Crippen molar-refractivity contribution >= 4 is 40.6 Å². The zero-order valence-electron chi connectivity index (χ0n) is 15.3. The number of thioether (sulfide) groups is 2. The number of hydrogen-bond acceptors (Lipinski definition) is 7. The van der Waals surface area contributed by atoms with Crippen LogP contribution in [0.3, 0.4) is 0 Å². The number of fused-ring (bicyclic) bond motifs is 3. The summed E-state index contributed by atoms with van der Waals surface area (Å²) < 4.78 is 10.8. The maximum atomic E-state index is 12.7. The zero-order chi connectivity index (χ0) is 19.7. The van der Waals surface area contributed by atoms with Crippen molar-refractivity contribution < 1.29 is 19.1 Å². The molecule has 6 nitrogen and oxygen atoms in total. The van der Waals surface area contributed by atoms with Crippen LogP contribution in [-0.2, 0) is 17.7 Å². The number of phenols is 1. The predicted octanol–water partition coefficient (Wildman–Crippen LogP) is 4.05. The van der Waals surface area contributed by atoms with Gasteiger partial charge in [-0.3, -0.25) is 0 Å². The van der Waals surface area contributed by atoms with Crippen molar-refractivity contribution in [1.82, 2.24) is 4.90 Å². The highest BCUT2D eigenvalue weighted by Crippen LogP contribution is 2.49. The molecule has 0 spiro atoms. The van der Waals surface area contributed by atoms with Crippen molar-refractivity contribution in [3.8, 4) is 5.75 Å². The molecule has 2 aliphatic rings. The summed E-state index contributed by atoms with van der Waals surface area (Å²) in [6.07, 6.45) is 2.71. The molecule has 0 saturated carbocycles. The van der Waals surface area contributed by atoms with Gasteiger partial charge in [0, 0.05) is 11.9 Å². The van der Waals surface area contributed by atoms with Crippen LogP contribution < -0.4 is 5.63 Å². The molecule has 1 amide bonds. The molecule has 3 heterocycles. The molecular formula is C20H21NO5S2. The molecule has 1 saturated heterocycles. The van der Waals surface area contributed by atoms with Crippen LogP contribution >= 0.6 is 23.5 Å². The molecule has 148 valence electrons. The highest BCUT2D eigenvalue weighted by molar-refractivity contribution is 8.16. The summed E-state index contributed by atoms with van der Waals surface area (Å²) in [6, 6.07) is 3.48. The van der Waals surface area contributed by atoms with Gasteiger partial charge in [-0.25, -0.2) is 9.59 Å². The Morgan fingerprint density at radius 3 is 2.89 bits per heavy atom. The van der Waals surface area contributed by atoms with Crippen molar-refractivity contribution in [2.24, 2.45) is 0 Å². The summed E-state index contributed by atoms with van der Waals surface area (Å²) in [6.45, 7) is 4.29. The SMILES string of the molecule is C=CCOC(=O)N1CCc2c(c(=O)oc3c(C4SCCCS4)c(O)ccc23)C1. The smallest absolute Gasteiger partial charge is 0.410 e. The van der Waals surface area contributed by atoms with Gasteiger partial charge in [0.15, 0.2) is 0 Å². The predicted molar refractivity (Wildman–Crippen MR) is 112 cm³/mol. The monoisotopic (exact) mass is 419 g/mol. The van der Waals surface area contributed by atoms with E-state index in [-0.39, 0.29) is 23.5 Å². The average molecular weight is 420 g/mol. The van der Waals surface area contributed by atoms with Gasteiger partial charge in [-0.15, -0.1) is 23.5 Å². The van der Waals surface area contributed by atoms with Gasteiger partial charge >= 0.3 is 11.7 Å². The molecule has 2 aliphatic heterocycles. The first-order valence-electron chi connectivity index (χ1n) is 9.16. The van der Waals surface area contributed by atoms with Crippen LogP contribution in [0.15, 0.2) is 34.0 Å². The van der Waals surface area contributed by atoms with E-state index in [1.807, 2.05) is 0 Å². The Hall–Kier alpha value is -2.06. The number of benzene rings is 1. The molecule has 4 rings (SSSR count). The summed E-state index contributed by atoms with van der Waals surface area (Å²) in [5.74, 6) is 2.20. The molecular weight excluding hydrogens is 398 g/mol. The summed E-state index contributed by atoms with van der Waals surface area (Å²) in [5.41, 5.74) is 2.08. The fourth-order valence-corrected chi connectivity index (χ4v) is 6.58. The van der Waals surface area contributed by atoms with Crippen molar-refractivity contribution in [1.29, 1.82) is 0 Å². The Morgan fingerprint density at radius 2 is 2.14 bits per heavy atom. The first kappa shape index (κ1) is 19.3. The lowest BCUT2D eigenvalue weighted by molar-refractivity contribution is 0.107. The highest BCUT2D eigenvalue weighted by Gasteiger charge is 2.30. The first-order valence-corrected chi connectivity index (χ1v) is 11.3. The molecule has 0 bridgehead atoms. The van der Waals surface area contributed by atoms with Gasteiger partial charge in [0.25, 0.3) is 0 Å². The standard InChI is InChI=1S/C20H21NO5S2/c1-2-8-25-20(24)21-7-6-12-13-4-5-15(22)16(19-27-9-3-10-28-19)17(13)26-18(23)14(12)11-21/h2,4-5,19,22H,1,3,6-11H2. The lowest BCUT2D eigenvalue weighted by Gasteiger charge is -2.28. The third-order valence-corrected chi connectivity index (χ3v) is 7.87. The van der Waals surface area contributed by atoms with Crippen molar-refractivity contribution in [2.75, 3.05) is 24.7 Å². The molecule has 0 atom stereocenters. The lowest BCUT2D eigenvalue weighted by atomic mass is 9.96. The number of carbonyl (C=O) groups is 1. The van der Waals surface area contributed by atoms with E-state index < -0.39 is 11.7 Å². The number of phenolic OH excluding ortho intramolecular Hbond substituents is 1. The van der Waals surface area contributed by atoms with E-state index in [0.29, 0.717) is 29.7 Å². The third kappa shape index (κ3) is 3.51. The van der Waals surface area contributed by atoms with Gasteiger partial charge in [-0.2, -0.15) is 0 Å². The van der Waals surface area contributed by atoms with Crippen LogP contribution in [0.25, 0.3) is 11.0 Å². The quantitative estimate of drug-likeness (QED) is 0.594. The number of amides is 1. The summed E-state index contributed by atoms with van der Waals surface area (Å²) in [4.78, 5) is 26.4. The highest BCUT2D eigenvalue weighted by atomic mass is 32.2. The van der Waals surface area contributed by atoms with Gasteiger partial charge in [0.1, 0.15) is 17.9 Å². The number of carbonyl (C=O) groups excluding carboxylic acids is 1. The molecule has 2 aromatic rings. The van der Waals surface area contributed by atoms with Crippen LogP contribution in [0.2, 0.25) is 0 Å². The molecule has 8 heteroatoms. The number of aromatic hydroxyl groups is 1. The molecule has 0 unspecified atom stereocenters. The second-order valence-electron chi connectivity index (χ2n) is 6.69. The fraction of sp³-hybridized carbons (Fsp3) is 0.400. The largest absolute Gasteiger partial charge is 0.507 e. The number of hydrogen-bond donors (Lipinski definition) is 1. The molecule has 0 radical (unpaired) electrons. The molecule has 1 fully saturated rings. The number of nitrogens with zero attached hydrogens (tertiary/aromatic N) is 1. The zero-order valence-corrected chi connectivity index (χ0v) is 16.9. The minimum Gasteiger partial charge on any atom is -0.507 e. The second kappa shape index (κ2) is 8.13. The maximum Gasteiger partial charge on any atom is 0.410 e. The minimum absolute atomic E-state index is 0.0487. The van der Waals surface area contributed by atoms with Crippen molar-refractivity contribution in [3.63, 3.8) is 0 Å². The van der Waals surface area contributed by atoms with Crippen LogP contribution in [0, 0.1) is 0 Å². The van der Waals surface area contributed by atoms with E-state index in [4.69, 9.17) is 9.15 Å². The molecule has 0 aliphatic carbocycles. The van der Waals surface area contributed by atoms with E-state index >= 15 is 0 Å². The minimum atomic E-state index is -0.466. The first-order chi connectivity index (χ1) is 13.6. The van der Waals surface area contributed by atoms with Gasteiger partial charge < -0.3 is 19.2 Å². The number of ether oxygens (including phenoxy) is 1. The molecule has 1 aromatic carbocycles. The summed E-state index contributed by atoms with van der Waals surface area (Å²) >= 11 is 3.53. The third-order valence-electron chi connectivity index (χ3n) is 4.93. The molecule has 1 N–H and O–H groups in total. The van der Waals surface area contributed by atoms with E-state index in [2.05, 4.69) is 6.58 Å². The normalized spacial score (nSPS) is 17.4. The summed E-state index contributed by atoms with van der Waals surface area (Å²) in [7, 11) is 0. The summed E-state index contributed by atoms with van der Waals surface area (Å²) in [5, 5.41) is 11.3. The Morgan fingerprint density at radius 1 is 1.36 bits per heavy atom. The van der Waals surface area contributed by atoms with Crippen LogP contribution in [0.4, 0.5) is 4.79 Å². The van der Waals surface area contributed by atoms with E-state index in [0.717, 1.165) is 28.9 Å². The van der Waals surface area contributed by atoms with Crippen LogP contribution in [-0.4, -0.2) is 40.8 Å². The maximum absolute atomic E-state index is 12.7.